The predicted molar refractivity (Wildman–Crippen MR) is 102 cm³/mol. The van der Waals surface area contributed by atoms with Gasteiger partial charge in [-0.15, -0.1) is 0 Å². The molecular weight excluding hydrogens is 328 g/mol. The van der Waals surface area contributed by atoms with Crippen LogP contribution in [0.2, 0.25) is 0 Å². The Morgan fingerprint density at radius 1 is 1.27 bits per heavy atom. The Kier molecular flexibility index (Phi) is 6.35. The molecule has 0 unspecified atom stereocenters. The third-order valence-electron chi connectivity index (χ3n) is 6.11. The fourth-order valence-corrected chi connectivity index (χ4v) is 4.44. The molecule has 2 fully saturated rings. The molecule has 6 nitrogen and oxygen atoms in total. The summed E-state index contributed by atoms with van der Waals surface area (Å²) in [7, 11) is 1.72. The molecule has 2 aliphatic heterocycles. The maximum absolute atomic E-state index is 12.3. The molecule has 1 amide bonds. The Morgan fingerprint density at radius 3 is 2.73 bits per heavy atom. The number of ether oxygens (including phenoxy) is 1. The van der Waals surface area contributed by atoms with Crippen molar-refractivity contribution in [2.75, 3.05) is 39.9 Å². The Morgan fingerprint density at radius 2 is 2.04 bits per heavy atom. The van der Waals surface area contributed by atoms with Crippen LogP contribution in [0.1, 0.15) is 57.8 Å². The largest absolute Gasteiger partial charge is 0.385 e. The lowest BCUT2D eigenvalue weighted by molar-refractivity contribution is -0.139. The minimum atomic E-state index is 0.324. The number of piperidine rings is 2. The lowest BCUT2D eigenvalue weighted by Gasteiger charge is -2.47. The van der Waals surface area contributed by atoms with Crippen molar-refractivity contribution < 1.29 is 9.53 Å². The van der Waals surface area contributed by atoms with E-state index < -0.39 is 0 Å². The van der Waals surface area contributed by atoms with Gasteiger partial charge in [-0.05, 0) is 58.0 Å². The van der Waals surface area contributed by atoms with Gasteiger partial charge in [-0.3, -0.25) is 9.69 Å². The molecular formula is C20H34N4O2. The zero-order valence-electron chi connectivity index (χ0n) is 16.6. The smallest absolute Gasteiger partial charge is 0.222 e. The van der Waals surface area contributed by atoms with E-state index in [1.54, 1.807) is 7.11 Å². The predicted octanol–water partition coefficient (Wildman–Crippen LogP) is 2.71. The van der Waals surface area contributed by atoms with Gasteiger partial charge in [0.15, 0.2) is 0 Å². The molecule has 2 saturated heterocycles. The summed E-state index contributed by atoms with van der Waals surface area (Å²) in [6.07, 6.45) is 9.06. The molecule has 146 valence electrons. The first-order chi connectivity index (χ1) is 12.5. The zero-order chi connectivity index (χ0) is 18.6. The van der Waals surface area contributed by atoms with Crippen LogP contribution in [0.25, 0.3) is 0 Å². The van der Waals surface area contributed by atoms with Crippen molar-refractivity contribution in [1.29, 1.82) is 0 Å². The van der Waals surface area contributed by atoms with E-state index in [0.29, 0.717) is 23.8 Å². The molecule has 0 bridgehead atoms. The van der Waals surface area contributed by atoms with Crippen LogP contribution < -0.4 is 0 Å². The van der Waals surface area contributed by atoms with Crippen molar-refractivity contribution in [2.24, 2.45) is 5.41 Å². The Bertz CT molecular complexity index is 590. The minimum absolute atomic E-state index is 0.324. The number of imidazole rings is 1. The van der Waals surface area contributed by atoms with Crippen LogP contribution in [0.4, 0.5) is 0 Å². The van der Waals surface area contributed by atoms with Gasteiger partial charge in [0.05, 0.1) is 6.54 Å². The van der Waals surface area contributed by atoms with Gasteiger partial charge >= 0.3 is 0 Å². The number of rotatable bonds is 7. The highest BCUT2D eigenvalue weighted by Crippen LogP contribution is 2.40. The fraction of sp³-hybridized carbons (Fsp3) is 0.800. The topological polar surface area (TPSA) is 50.6 Å². The molecule has 3 heterocycles. The molecule has 1 aromatic rings. The quantitative estimate of drug-likeness (QED) is 0.700. The third-order valence-corrected chi connectivity index (χ3v) is 6.11. The van der Waals surface area contributed by atoms with E-state index in [-0.39, 0.29) is 0 Å². The van der Waals surface area contributed by atoms with Gasteiger partial charge in [0.1, 0.15) is 5.82 Å². The summed E-state index contributed by atoms with van der Waals surface area (Å²) in [5, 5.41) is 0. The van der Waals surface area contributed by atoms with Crippen molar-refractivity contribution in [2.45, 2.75) is 58.5 Å². The number of likely N-dealkylation sites (tertiary alicyclic amines) is 2. The van der Waals surface area contributed by atoms with Crippen LogP contribution in [0.5, 0.6) is 0 Å². The summed E-state index contributed by atoms with van der Waals surface area (Å²) in [5.41, 5.74) is 0.324. The molecule has 1 aromatic heterocycles. The molecule has 3 rings (SSSR count). The highest BCUT2D eigenvalue weighted by molar-refractivity contribution is 5.77. The lowest BCUT2D eigenvalue weighted by atomic mass is 9.72. The number of hydrogen-bond donors (Lipinski definition) is 0. The molecule has 0 N–H and O–H groups in total. The van der Waals surface area contributed by atoms with Gasteiger partial charge < -0.3 is 14.2 Å². The van der Waals surface area contributed by atoms with Crippen molar-refractivity contribution in [1.82, 2.24) is 19.4 Å². The first kappa shape index (κ1) is 19.4. The third kappa shape index (κ3) is 4.46. The molecule has 26 heavy (non-hydrogen) atoms. The summed E-state index contributed by atoms with van der Waals surface area (Å²) in [6.45, 7) is 10.0. The first-order valence-electron chi connectivity index (χ1n) is 10.0. The van der Waals surface area contributed by atoms with E-state index in [1.807, 2.05) is 6.20 Å². The SMILES string of the molecule is COCCCN1CC2(CCC1=O)CCN(Cc1nccn1C(C)C)CC2. The lowest BCUT2D eigenvalue weighted by Crippen LogP contribution is -2.51. The second-order valence-corrected chi connectivity index (χ2v) is 8.28. The van der Waals surface area contributed by atoms with Gasteiger partial charge in [-0.2, -0.15) is 0 Å². The van der Waals surface area contributed by atoms with Gasteiger partial charge in [0.2, 0.25) is 5.91 Å². The average molecular weight is 363 g/mol. The molecule has 0 atom stereocenters. The maximum atomic E-state index is 12.3. The summed E-state index contributed by atoms with van der Waals surface area (Å²) in [6, 6.07) is 0.452. The second-order valence-electron chi connectivity index (χ2n) is 8.28. The van der Waals surface area contributed by atoms with E-state index in [0.717, 1.165) is 58.0 Å². The van der Waals surface area contributed by atoms with Gasteiger partial charge in [0, 0.05) is 51.7 Å². The van der Waals surface area contributed by atoms with Crippen molar-refractivity contribution in [3.63, 3.8) is 0 Å². The molecule has 6 heteroatoms. The van der Waals surface area contributed by atoms with Crippen molar-refractivity contribution in [3.05, 3.63) is 18.2 Å². The summed E-state index contributed by atoms with van der Waals surface area (Å²) in [4.78, 5) is 21.4. The second kappa shape index (κ2) is 8.53. The van der Waals surface area contributed by atoms with Crippen LogP contribution in [0.15, 0.2) is 12.4 Å². The molecule has 0 radical (unpaired) electrons. The Balaban J connectivity index is 1.53. The van der Waals surface area contributed by atoms with E-state index in [2.05, 4.69) is 39.4 Å². The number of nitrogens with zero attached hydrogens (tertiary/aromatic N) is 4. The highest BCUT2D eigenvalue weighted by atomic mass is 16.5. The van der Waals surface area contributed by atoms with Crippen LogP contribution in [-0.2, 0) is 16.1 Å². The number of hydrogen-bond acceptors (Lipinski definition) is 4. The number of carbonyl (C=O) groups excluding carboxylic acids is 1. The van der Waals surface area contributed by atoms with E-state index in [9.17, 15) is 4.79 Å². The fourth-order valence-electron chi connectivity index (χ4n) is 4.44. The van der Waals surface area contributed by atoms with E-state index in [4.69, 9.17) is 4.74 Å². The highest BCUT2D eigenvalue weighted by Gasteiger charge is 2.40. The Hall–Kier alpha value is -1.40. The number of amides is 1. The van der Waals surface area contributed by atoms with E-state index >= 15 is 0 Å². The minimum Gasteiger partial charge on any atom is -0.385 e. The van der Waals surface area contributed by atoms with Gasteiger partial charge in [-0.25, -0.2) is 4.98 Å². The summed E-state index contributed by atoms with van der Waals surface area (Å²) in [5.74, 6) is 1.49. The number of carbonyl (C=O) groups is 1. The molecule has 0 aliphatic carbocycles. The van der Waals surface area contributed by atoms with Gasteiger partial charge in [0.25, 0.3) is 0 Å². The van der Waals surface area contributed by atoms with Crippen molar-refractivity contribution >= 4 is 5.91 Å². The normalized spacial score (nSPS) is 21.1. The van der Waals surface area contributed by atoms with Crippen LogP contribution in [0.3, 0.4) is 0 Å². The summed E-state index contributed by atoms with van der Waals surface area (Å²) < 4.78 is 7.41. The van der Waals surface area contributed by atoms with E-state index in [1.165, 1.54) is 12.8 Å². The summed E-state index contributed by atoms with van der Waals surface area (Å²) >= 11 is 0. The molecule has 0 saturated carbocycles. The monoisotopic (exact) mass is 362 g/mol. The zero-order valence-corrected chi connectivity index (χ0v) is 16.6. The van der Waals surface area contributed by atoms with Crippen LogP contribution in [-0.4, -0.2) is 65.2 Å². The maximum Gasteiger partial charge on any atom is 0.222 e. The number of aromatic nitrogens is 2. The molecule has 2 aliphatic rings. The first-order valence-corrected chi connectivity index (χ1v) is 10.0. The standard InChI is InChI=1S/C20H34N4O2/c1-17(2)24-13-9-21-18(24)15-22-11-7-20(8-12-22)6-5-19(25)23(16-20)10-4-14-26-3/h9,13,17H,4-8,10-12,14-16H2,1-3H3. The van der Waals surface area contributed by atoms with Crippen molar-refractivity contribution in [3.8, 4) is 0 Å². The van der Waals surface area contributed by atoms with Gasteiger partial charge in [-0.1, -0.05) is 0 Å². The number of methoxy groups -OCH3 is 1. The Labute approximate surface area is 157 Å². The van der Waals surface area contributed by atoms with Crippen LogP contribution >= 0.6 is 0 Å². The average Bonchev–Trinajstić information content (AvgIpc) is 3.09. The molecule has 1 spiro atoms. The molecule has 0 aromatic carbocycles. The van der Waals surface area contributed by atoms with Crippen LogP contribution in [0, 0.1) is 5.41 Å².